The number of benzene rings is 2. The number of methoxy groups -OCH3 is 1. The molecule has 4 rings (SSSR count). The predicted octanol–water partition coefficient (Wildman–Crippen LogP) is 4.16. The van der Waals surface area contributed by atoms with Crippen LogP contribution in [0.4, 0.5) is 5.69 Å². The van der Waals surface area contributed by atoms with Gasteiger partial charge in [0.2, 0.25) is 5.91 Å². The van der Waals surface area contributed by atoms with Crippen LogP contribution in [0.2, 0.25) is 0 Å². The Morgan fingerprint density at radius 2 is 1.90 bits per heavy atom. The van der Waals surface area contributed by atoms with Gasteiger partial charge in [-0.15, -0.1) is 0 Å². The number of hydrogen-bond donors (Lipinski definition) is 1. The Labute approximate surface area is 182 Å². The van der Waals surface area contributed by atoms with Crippen molar-refractivity contribution in [3.8, 4) is 11.5 Å². The van der Waals surface area contributed by atoms with Gasteiger partial charge in [-0.2, -0.15) is 0 Å². The Morgan fingerprint density at radius 1 is 1.16 bits per heavy atom. The molecular weight excluding hydrogens is 392 g/mol. The van der Waals surface area contributed by atoms with Crippen molar-refractivity contribution < 1.29 is 19.1 Å². The highest BCUT2D eigenvalue weighted by Crippen LogP contribution is 2.35. The number of carbonyl (C=O) groups is 2. The number of nitrogens with one attached hydrogen (secondary N) is 1. The average Bonchev–Trinajstić information content (AvgIpc) is 2.78. The van der Waals surface area contributed by atoms with Crippen molar-refractivity contribution in [2.24, 2.45) is 5.92 Å². The van der Waals surface area contributed by atoms with Gasteiger partial charge in [-0.25, -0.2) is 0 Å². The third-order valence-electron chi connectivity index (χ3n) is 6.01. The van der Waals surface area contributed by atoms with E-state index in [-0.39, 0.29) is 30.2 Å². The van der Waals surface area contributed by atoms with E-state index < -0.39 is 0 Å². The number of nitrogens with zero attached hydrogens (tertiary/aromatic N) is 1. The smallest absolute Gasteiger partial charge is 0.294 e. The van der Waals surface area contributed by atoms with Crippen LogP contribution >= 0.6 is 0 Å². The van der Waals surface area contributed by atoms with Gasteiger partial charge in [-0.1, -0.05) is 44.0 Å². The fourth-order valence-corrected chi connectivity index (χ4v) is 4.20. The summed E-state index contributed by atoms with van der Waals surface area (Å²) < 4.78 is 11.1. The molecule has 0 saturated heterocycles. The summed E-state index contributed by atoms with van der Waals surface area (Å²) in [6, 6.07) is 14.8. The number of amides is 2. The van der Waals surface area contributed by atoms with Crippen LogP contribution in [0, 0.1) is 5.92 Å². The van der Waals surface area contributed by atoms with Crippen LogP contribution < -0.4 is 19.7 Å². The van der Waals surface area contributed by atoms with Gasteiger partial charge in [-0.3, -0.25) is 14.5 Å². The lowest BCUT2D eigenvalue weighted by atomic mass is 9.86. The van der Waals surface area contributed by atoms with Gasteiger partial charge < -0.3 is 14.8 Å². The number of rotatable bonds is 5. The second-order valence-corrected chi connectivity index (χ2v) is 8.18. The molecule has 1 N–H and O–H groups in total. The molecule has 0 bridgehead atoms. The highest BCUT2D eigenvalue weighted by Gasteiger charge is 2.32. The molecule has 2 unspecified atom stereocenters. The fraction of sp³-hybridized carbons (Fsp3) is 0.360. The molecule has 2 aromatic carbocycles. The van der Waals surface area contributed by atoms with Crippen LogP contribution in [-0.2, 0) is 9.59 Å². The first-order valence-corrected chi connectivity index (χ1v) is 10.8. The third kappa shape index (κ3) is 4.74. The minimum Gasteiger partial charge on any atom is -0.497 e. The number of ether oxygens (including phenoxy) is 2. The largest absolute Gasteiger partial charge is 0.497 e. The summed E-state index contributed by atoms with van der Waals surface area (Å²) in [5.74, 6) is 1.45. The van der Waals surface area contributed by atoms with Crippen LogP contribution in [0.25, 0.3) is 6.08 Å². The molecule has 6 nitrogen and oxygen atoms in total. The van der Waals surface area contributed by atoms with Crippen molar-refractivity contribution in [3.63, 3.8) is 0 Å². The van der Waals surface area contributed by atoms with Crippen molar-refractivity contribution >= 4 is 23.6 Å². The van der Waals surface area contributed by atoms with Crippen LogP contribution in [-0.4, -0.2) is 31.5 Å². The number of fused-ring (bicyclic) bond motifs is 1. The molecule has 1 aliphatic carbocycles. The van der Waals surface area contributed by atoms with E-state index in [1.807, 2.05) is 36.4 Å². The molecule has 1 saturated carbocycles. The molecule has 2 atom stereocenters. The average molecular weight is 421 g/mol. The van der Waals surface area contributed by atoms with Crippen LogP contribution in [0.1, 0.15) is 38.2 Å². The zero-order chi connectivity index (χ0) is 21.8. The first kappa shape index (κ1) is 21.0. The van der Waals surface area contributed by atoms with Crippen molar-refractivity contribution in [1.29, 1.82) is 0 Å². The van der Waals surface area contributed by atoms with E-state index in [1.54, 1.807) is 25.3 Å². The Bertz CT molecular complexity index is 983. The molecule has 31 heavy (non-hydrogen) atoms. The van der Waals surface area contributed by atoms with Crippen LogP contribution in [0.5, 0.6) is 11.5 Å². The van der Waals surface area contributed by atoms with E-state index in [9.17, 15) is 9.59 Å². The maximum Gasteiger partial charge on any atom is 0.294 e. The van der Waals surface area contributed by atoms with E-state index >= 15 is 0 Å². The normalized spacial score (nSPS) is 21.9. The minimum absolute atomic E-state index is 0.0393. The van der Waals surface area contributed by atoms with Gasteiger partial charge in [0.15, 0.2) is 11.5 Å². The van der Waals surface area contributed by atoms with E-state index in [1.165, 1.54) is 11.3 Å². The zero-order valence-electron chi connectivity index (χ0n) is 18.0. The summed E-state index contributed by atoms with van der Waals surface area (Å²) >= 11 is 0. The molecule has 2 aromatic rings. The number of anilines is 1. The van der Waals surface area contributed by atoms with Crippen LogP contribution in [0.3, 0.4) is 0 Å². The Kier molecular flexibility index (Phi) is 6.26. The molecule has 1 heterocycles. The third-order valence-corrected chi connectivity index (χ3v) is 6.01. The van der Waals surface area contributed by atoms with Gasteiger partial charge in [0.05, 0.1) is 12.8 Å². The summed E-state index contributed by atoms with van der Waals surface area (Å²) in [6.07, 6.45) is 6.14. The molecule has 2 aliphatic rings. The minimum atomic E-state index is -0.332. The monoisotopic (exact) mass is 420 g/mol. The lowest BCUT2D eigenvalue weighted by Crippen LogP contribution is -2.48. The Hall–Kier alpha value is -3.28. The van der Waals surface area contributed by atoms with Crippen molar-refractivity contribution in [2.45, 2.75) is 38.6 Å². The second-order valence-electron chi connectivity index (χ2n) is 8.18. The second kappa shape index (κ2) is 9.25. The number of carbonyl (C=O) groups excluding carboxylic acids is 2. The highest BCUT2D eigenvalue weighted by atomic mass is 16.5. The fourth-order valence-electron chi connectivity index (χ4n) is 4.20. The van der Waals surface area contributed by atoms with E-state index in [4.69, 9.17) is 9.47 Å². The van der Waals surface area contributed by atoms with E-state index in [2.05, 4.69) is 12.2 Å². The van der Waals surface area contributed by atoms with Gasteiger partial charge in [-0.05, 0) is 54.7 Å². The summed E-state index contributed by atoms with van der Waals surface area (Å²) in [5.41, 5.74) is 1.41. The standard InChI is InChI=1S/C25H28N2O4/c1-17-7-3-4-8-20(17)26-24(28)16-27-21-9-5-6-10-22(21)31-23(25(27)29)15-18-11-13-19(30-2)14-12-18/h5-6,9-15,17,20H,3-4,7-8,16H2,1-2H3,(H,26,28). The maximum absolute atomic E-state index is 13.2. The van der Waals surface area contributed by atoms with Gasteiger partial charge in [0.25, 0.3) is 5.91 Å². The topological polar surface area (TPSA) is 67.9 Å². The van der Waals surface area contributed by atoms with Crippen molar-refractivity contribution in [1.82, 2.24) is 5.32 Å². The lowest BCUT2D eigenvalue weighted by molar-refractivity contribution is -0.124. The Balaban J connectivity index is 1.56. The predicted molar refractivity (Wildman–Crippen MR) is 120 cm³/mol. The van der Waals surface area contributed by atoms with E-state index in [0.717, 1.165) is 30.6 Å². The van der Waals surface area contributed by atoms with Crippen molar-refractivity contribution in [2.75, 3.05) is 18.6 Å². The summed E-state index contributed by atoms with van der Waals surface area (Å²) in [5, 5.41) is 3.14. The van der Waals surface area contributed by atoms with Gasteiger partial charge >= 0.3 is 0 Å². The zero-order valence-corrected chi connectivity index (χ0v) is 18.0. The van der Waals surface area contributed by atoms with Gasteiger partial charge in [0.1, 0.15) is 12.3 Å². The Morgan fingerprint density at radius 3 is 2.65 bits per heavy atom. The molecule has 6 heteroatoms. The molecule has 0 radical (unpaired) electrons. The molecule has 0 spiro atoms. The summed E-state index contributed by atoms with van der Waals surface area (Å²) in [7, 11) is 1.61. The molecule has 0 aromatic heterocycles. The number of hydrogen-bond acceptors (Lipinski definition) is 4. The van der Waals surface area contributed by atoms with Gasteiger partial charge in [0, 0.05) is 6.04 Å². The quantitative estimate of drug-likeness (QED) is 0.738. The molecular formula is C25H28N2O4. The first-order chi connectivity index (χ1) is 15.0. The van der Waals surface area contributed by atoms with Crippen molar-refractivity contribution in [3.05, 3.63) is 59.9 Å². The van der Waals surface area contributed by atoms with Crippen LogP contribution in [0.15, 0.2) is 54.3 Å². The lowest BCUT2D eigenvalue weighted by Gasteiger charge is -2.32. The number of para-hydroxylation sites is 2. The maximum atomic E-state index is 13.2. The van der Waals surface area contributed by atoms with E-state index in [0.29, 0.717) is 17.4 Å². The first-order valence-electron chi connectivity index (χ1n) is 10.8. The SMILES string of the molecule is COc1ccc(C=C2Oc3ccccc3N(CC(=O)NC3CCCCC3C)C2=O)cc1. The molecule has 1 fully saturated rings. The highest BCUT2D eigenvalue weighted by molar-refractivity contribution is 6.12. The summed E-state index contributed by atoms with van der Waals surface area (Å²) in [4.78, 5) is 27.6. The molecule has 1 aliphatic heterocycles. The molecule has 162 valence electrons. The summed E-state index contributed by atoms with van der Waals surface area (Å²) in [6.45, 7) is 2.14. The molecule has 2 amide bonds.